The Morgan fingerprint density at radius 1 is 1.50 bits per heavy atom. The van der Waals surface area contributed by atoms with Crippen molar-refractivity contribution in [2.75, 3.05) is 7.11 Å². The molecule has 0 saturated heterocycles. The number of aliphatic hydroxyl groups excluding tert-OH is 1. The van der Waals surface area contributed by atoms with E-state index in [1.807, 2.05) is 0 Å². The Kier molecular flexibility index (Phi) is 4.19. The van der Waals surface area contributed by atoms with Gasteiger partial charge in [0.2, 0.25) is 5.88 Å². The fourth-order valence-electron chi connectivity index (χ4n) is 0.950. The highest BCUT2D eigenvalue weighted by Gasteiger charge is 2.33. The number of aliphatic hydroxyl groups is 1. The second-order valence-corrected chi connectivity index (χ2v) is 3.67. The minimum absolute atomic E-state index is 0.0883. The van der Waals surface area contributed by atoms with Crippen LogP contribution in [-0.4, -0.2) is 23.6 Å². The van der Waals surface area contributed by atoms with Gasteiger partial charge in [0.15, 0.2) is 5.75 Å². The highest BCUT2D eigenvalue weighted by atomic mass is 127. The van der Waals surface area contributed by atoms with Crippen LogP contribution in [0.25, 0.3) is 0 Å². The molecule has 1 N–H and O–H groups in total. The van der Waals surface area contributed by atoms with Gasteiger partial charge in [0.05, 0.1) is 13.7 Å². The predicted octanol–water partition coefficient (Wildman–Crippen LogP) is 2.09. The van der Waals surface area contributed by atoms with Crippen molar-refractivity contribution in [3.63, 3.8) is 0 Å². The summed E-state index contributed by atoms with van der Waals surface area (Å²) in [5.41, 5.74) is -0.0883. The summed E-state index contributed by atoms with van der Waals surface area (Å²) in [5.74, 6) is -0.389. The van der Waals surface area contributed by atoms with Gasteiger partial charge in [-0.1, -0.05) is 0 Å². The number of methoxy groups -OCH3 is 1. The molecule has 0 aromatic carbocycles. The summed E-state index contributed by atoms with van der Waals surface area (Å²) in [7, 11) is 1.35. The standard InChI is InChI=1S/C8H7F3INO3/c1-15-5-2-4(3-14)7(13-6(5)12)16-8(9,10)11/h2,14H,3H2,1H3. The van der Waals surface area contributed by atoms with Crippen molar-refractivity contribution in [1.82, 2.24) is 4.98 Å². The smallest absolute Gasteiger partial charge is 0.494 e. The highest BCUT2D eigenvalue weighted by Crippen LogP contribution is 2.30. The van der Waals surface area contributed by atoms with E-state index in [2.05, 4.69) is 9.72 Å². The van der Waals surface area contributed by atoms with Crippen molar-refractivity contribution in [2.45, 2.75) is 13.0 Å². The first-order valence-corrected chi connectivity index (χ1v) is 5.05. The molecule has 1 heterocycles. The number of alkyl halides is 3. The topological polar surface area (TPSA) is 51.6 Å². The van der Waals surface area contributed by atoms with Crippen molar-refractivity contribution >= 4 is 22.6 Å². The van der Waals surface area contributed by atoms with Crippen LogP contribution in [-0.2, 0) is 6.61 Å². The Bertz CT molecular complexity index is 384. The van der Waals surface area contributed by atoms with Crippen LogP contribution in [0.2, 0.25) is 0 Å². The van der Waals surface area contributed by atoms with Crippen molar-refractivity contribution in [3.8, 4) is 11.6 Å². The van der Waals surface area contributed by atoms with Gasteiger partial charge in [0.25, 0.3) is 0 Å². The molecular formula is C8H7F3INO3. The molecule has 4 nitrogen and oxygen atoms in total. The van der Waals surface area contributed by atoms with E-state index in [1.165, 1.54) is 13.2 Å². The van der Waals surface area contributed by atoms with Gasteiger partial charge >= 0.3 is 6.36 Å². The molecule has 1 aromatic heterocycles. The van der Waals surface area contributed by atoms with Gasteiger partial charge in [-0.15, -0.1) is 13.2 Å². The first kappa shape index (κ1) is 13.3. The number of nitrogens with zero attached hydrogens (tertiary/aromatic N) is 1. The summed E-state index contributed by atoms with van der Waals surface area (Å²) in [6.07, 6.45) is -4.84. The van der Waals surface area contributed by atoms with E-state index >= 15 is 0 Å². The molecule has 0 unspecified atom stereocenters. The fourth-order valence-corrected chi connectivity index (χ4v) is 1.54. The Labute approximate surface area is 103 Å². The third kappa shape index (κ3) is 3.37. The second kappa shape index (κ2) is 5.04. The third-order valence-electron chi connectivity index (χ3n) is 1.59. The maximum atomic E-state index is 12.0. The summed E-state index contributed by atoms with van der Waals surface area (Å²) < 4.78 is 44.7. The van der Waals surface area contributed by atoms with Crippen LogP contribution in [0.3, 0.4) is 0 Å². The van der Waals surface area contributed by atoms with Crippen molar-refractivity contribution in [2.24, 2.45) is 0 Å². The average Bonchev–Trinajstić information content (AvgIpc) is 2.16. The minimum Gasteiger partial charge on any atom is -0.494 e. The lowest BCUT2D eigenvalue weighted by Gasteiger charge is -2.12. The molecule has 0 aliphatic carbocycles. The highest BCUT2D eigenvalue weighted by molar-refractivity contribution is 14.1. The zero-order valence-corrected chi connectivity index (χ0v) is 10.2. The normalized spacial score (nSPS) is 11.4. The zero-order chi connectivity index (χ0) is 12.3. The number of aromatic nitrogens is 1. The van der Waals surface area contributed by atoms with Gasteiger partial charge in [-0.05, 0) is 28.7 Å². The van der Waals surface area contributed by atoms with Crippen LogP contribution >= 0.6 is 22.6 Å². The molecule has 0 bridgehead atoms. The number of hydrogen-bond donors (Lipinski definition) is 1. The summed E-state index contributed by atoms with van der Waals surface area (Å²) in [4.78, 5) is 3.56. The zero-order valence-electron chi connectivity index (χ0n) is 8.01. The lowest BCUT2D eigenvalue weighted by molar-refractivity contribution is -0.276. The van der Waals surface area contributed by atoms with E-state index in [9.17, 15) is 13.2 Å². The van der Waals surface area contributed by atoms with Crippen molar-refractivity contribution in [3.05, 3.63) is 15.3 Å². The van der Waals surface area contributed by atoms with Crippen LogP contribution in [0.1, 0.15) is 5.56 Å². The van der Waals surface area contributed by atoms with Crippen molar-refractivity contribution < 1.29 is 27.8 Å². The maximum Gasteiger partial charge on any atom is 0.574 e. The molecule has 0 radical (unpaired) electrons. The van der Waals surface area contributed by atoms with Gasteiger partial charge in [0.1, 0.15) is 3.70 Å². The first-order chi connectivity index (χ1) is 7.37. The number of halogens is 4. The van der Waals surface area contributed by atoms with Crippen LogP contribution in [0.4, 0.5) is 13.2 Å². The van der Waals surface area contributed by atoms with Gasteiger partial charge < -0.3 is 14.6 Å². The van der Waals surface area contributed by atoms with Gasteiger partial charge in [0, 0.05) is 5.56 Å². The predicted molar refractivity (Wildman–Crippen MR) is 56.1 cm³/mol. The number of hydrogen-bond acceptors (Lipinski definition) is 4. The summed E-state index contributed by atoms with van der Waals surface area (Å²) in [5, 5.41) is 8.88. The molecule has 90 valence electrons. The number of ether oxygens (including phenoxy) is 2. The second-order valence-electron chi connectivity index (χ2n) is 2.65. The molecule has 1 aromatic rings. The van der Waals surface area contributed by atoms with E-state index in [1.54, 1.807) is 22.6 Å². The van der Waals surface area contributed by atoms with E-state index in [0.29, 0.717) is 0 Å². The number of pyridine rings is 1. The molecule has 16 heavy (non-hydrogen) atoms. The Morgan fingerprint density at radius 2 is 2.12 bits per heavy atom. The number of rotatable bonds is 3. The van der Waals surface area contributed by atoms with E-state index in [0.717, 1.165) is 0 Å². The van der Waals surface area contributed by atoms with Gasteiger partial charge in [-0.3, -0.25) is 0 Å². The molecule has 0 aliphatic rings. The van der Waals surface area contributed by atoms with Gasteiger partial charge in [-0.2, -0.15) is 0 Å². The quantitative estimate of drug-likeness (QED) is 0.671. The Balaban J connectivity index is 3.13. The maximum absolute atomic E-state index is 12.0. The molecule has 0 amide bonds. The molecular weight excluding hydrogens is 342 g/mol. The van der Waals surface area contributed by atoms with Crippen LogP contribution in [0, 0.1) is 3.70 Å². The average molecular weight is 349 g/mol. The molecule has 0 saturated carbocycles. The summed E-state index contributed by atoms with van der Waals surface area (Å²) in [6.45, 7) is -0.619. The molecule has 0 atom stereocenters. The van der Waals surface area contributed by atoms with E-state index in [4.69, 9.17) is 9.84 Å². The van der Waals surface area contributed by atoms with Crippen molar-refractivity contribution in [1.29, 1.82) is 0 Å². The summed E-state index contributed by atoms with van der Waals surface area (Å²) in [6, 6.07) is 1.25. The lowest BCUT2D eigenvalue weighted by atomic mass is 10.3. The lowest BCUT2D eigenvalue weighted by Crippen LogP contribution is -2.19. The molecule has 0 spiro atoms. The molecule has 0 fully saturated rings. The fraction of sp³-hybridized carbons (Fsp3) is 0.375. The third-order valence-corrected chi connectivity index (χ3v) is 2.36. The molecule has 8 heteroatoms. The monoisotopic (exact) mass is 349 g/mol. The Hall–Kier alpha value is -0.770. The van der Waals surface area contributed by atoms with Crippen LogP contribution in [0.5, 0.6) is 11.6 Å². The SMILES string of the molecule is COc1cc(CO)c(OC(F)(F)F)nc1I. The van der Waals surface area contributed by atoms with Crippen LogP contribution in [0.15, 0.2) is 6.07 Å². The van der Waals surface area contributed by atoms with E-state index < -0.39 is 18.8 Å². The summed E-state index contributed by atoms with van der Waals surface area (Å²) >= 11 is 1.71. The van der Waals surface area contributed by atoms with Gasteiger partial charge in [-0.25, -0.2) is 4.98 Å². The minimum atomic E-state index is -4.84. The largest absolute Gasteiger partial charge is 0.574 e. The molecule has 0 aliphatic heterocycles. The first-order valence-electron chi connectivity index (χ1n) is 3.97. The van der Waals surface area contributed by atoms with E-state index in [-0.39, 0.29) is 15.0 Å². The van der Waals surface area contributed by atoms with Crippen LogP contribution < -0.4 is 9.47 Å². The Morgan fingerprint density at radius 3 is 2.56 bits per heavy atom. The molecule has 1 rings (SSSR count).